The van der Waals surface area contributed by atoms with Crippen LogP contribution in [0.1, 0.15) is 39.4 Å². The third kappa shape index (κ3) is 4.92. The predicted octanol–water partition coefficient (Wildman–Crippen LogP) is 0.655. The predicted molar refractivity (Wildman–Crippen MR) is 83.7 cm³/mol. The summed E-state index contributed by atoms with van der Waals surface area (Å²) in [6, 6.07) is 0. The molecule has 24 heavy (non-hydrogen) atoms. The van der Waals surface area contributed by atoms with Gasteiger partial charge in [0.05, 0.1) is 24.7 Å². The van der Waals surface area contributed by atoms with Gasteiger partial charge in [0, 0.05) is 6.08 Å². The third-order valence-electron chi connectivity index (χ3n) is 2.69. The highest BCUT2D eigenvalue weighted by molar-refractivity contribution is 7.18. The van der Waals surface area contributed by atoms with Gasteiger partial charge in [-0.3, -0.25) is 4.79 Å². The van der Waals surface area contributed by atoms with E-state index in [1.54, 1.807) is 13.8 Å². The van der Waals surface area contributed by atoms with Gasteiger partial charge in [-0.1, -0.05) is 0 Å². The molecule has 130 valence electrons. The van der Waals surface area contributed by atoms with Crippen molar-refractivity contribution in [1.82, 2.24) is 0 Å². The van der Waals surface area contributed by atoms with E-state index in [1.165, 1.54) is 6.92 Å². The summed E-state index contributed by atoms with van der Waals surface area (Å²) in [5, 5.41) is 12.8. The topological polar surface area (TPSA) is 122 Å². The fraction of sp³-hybridized carbons (Fsp3) is 0.333. The van der Waals surface area contributed by atoms with E-state index in [0.29, 0.717) is 11.6 Å². The third-order valence-corrected chi connectivity index (χ3v) is 3.88. The lowest BCUT2D eigenvalue weighted by Gasteiger charge is -2.05. The van der Waals surface area contributed by atoms with Gasteiger partial charge in [-0.2, -0.15) is 0 Å². The van der Waals surface area contributed by atoms with Crippen LogP contribution >= 0.6 is 11.3 Å². The number of aliphatic carboxylic acids is 1. The zero-order valence-electron chi connectivity index (χ0n) is 13.3. The Labute approximate surface area is 142 Å². The van der Waals surface area contributed by atoms with Crippen molar-refractivity contribution < 1.29 is 33.8 Å². The van der Waals surface area contributed by atoms with Crippen LogP contribution in [-0.4, -0.2) is 37.0 Å². The SMILES string of the molecule is CCOC(=O)c1sc(NC(=O)C=CC(=O)[O-])c(C(=O)OCC)c1C. The maximum atomic E-state index is 12.1. The first-order valence-corrected chi connectivity index (χ1v) is 7.81. The van der Waals surface area contributed by atoms with Crippen LogP contribution in [0.25, 0.3) is 0 Å². The van der Waals surface area contributed by atoms with Gasteiger partial charge in [-0.05, 0) is 32.4 Å². The van der Waals surface area contributed by atoms with E-state index in [9.17, 15) is 24.3 Å². The molecule has 0 fully saturated rings. The summed E-state index contributed by atoms with van der Waals surface area (Å²) >= 11 is 0.847. The van der Waals surface area contributed by atoms with Crippen LogP contribution in [0.3, 0.4) is 0 Å². The number of esters is 2. The molecule has 0 unspecified atom stereocenters. The Bertz CT molecular complexity index is 690. The van der Waals surface area contributed by atoms with E-state index >= 15 is 0 Å². The van der Waals surface area contributed by atoms with E-state index in [0.717, 1.165) is 17.4 Å². The van der Waals surface area contributed by atoms with Crippen LogP contribution in [0.4, 0.5) is 5.00 Å². The number of rotatable bonds is 7. The molecular formula is C15H16NO7S-. The summed E-state index contributed by atoms with van der Waals surface area (Å²) in [7, 11) is 0. The average Bonchev–Trinajstić information content (AvgIpc) is 2.82. The monoisotopic (exact) mass is 354 g/mol. The Morgan fingerprint density at radius 3 is 2.21 bits per heavy atom. The van der Waals surface area contributed by atoms with Crippen molar-refractivity contribution in [3.8, 4) is 0 Å². The lowest BCUT2D eigenvalue weighted by atomic mass is 10.1. The number of thiophene rings is 1. The lowest BCUT2D eigenvalue weighted by molar-refractivity contribution is -0.297. The zero-order valence-corrected chi connectivity index (χ0v) is 14.2. The minimum Gasteiger partial charge on any atom is -0.545 e. The molecule has 1 heterocycles. The molecule has 0 spiro atoms. The zero-order chi connectivity index (χ0) is 18.3. The molecule has 1 amide bonds. The van der Waals surface area contributed by atoms with Gasteiger partial charge in [0.25, 0.3) is 0 Å². The van der Waals surface area contributed by atoms with Crippen LogP contribution < -0.4 is 10.4 Å². The first-order chi connectivity index (χ1) is 11.3. The van der Waals surface area contributed by atoms with E-state index < -0.39 is 23.8 Å². The molecule has 1 rings (SSSR count). The van der Waals surface area contributed by atoms with Gasteiger partial charge in [0.2, 0.25) is 5.91 Å². The molecule has 1 N–H and O–H groups in total. The average molecular weight is 354 g/mol. The summed E-state index contributed by atoms with van der Waals surface area (Å²) in [6.07, 6.45) is 1.29. The molecule has 8 nitrogen and oxygen atoms in total. The lowest BCUT2D eigenvalue weighted by Crippen LogP contribution is -2.20. The Morgan fingerprint density at radius 2 is 1.67 bits per heavy atom. The molecule has 0 aliphatic heterocycles. The van der Waals surface area contributed by atoms with Crippen molar-refractivity contribution in [2.75, 3.05) is 18.5 Å². The van der Waals surface area contributed by atoms with Crippen LogP contribution in [0.15, 0.2) is 12.2 Å². The second-order valence-corrected chi connectivity index (χ2v) is 5.36. The van der Waals surface area contributed by atoms with Gasteiger partial charge >= 0.3 is 11.9 Å². The molecule has 0 aromatic carbocycles. The number of anilines is 1. The largest absolute Gasteiger partial charge is 0.545 e. The number of nitrogens with one attached hydrogen (secondary N) is 1. The maximum absolute atomic E-state index is 12.1. The molecule has 0 aliphatic carbocycles. The van der Waals surface area contributed by atoms with E-state index in [2.05, 4.69) is 5.32 Å². The minimum absolute atomic E-state index is 0.0279. The quantitative estimate of drug-likeness (QED) is 0.563. The number of ether oxygens (including phenoxy) is 2. The summed E-state index contributed by atoms with van der Waals surface area (Å²) < 4.78 is 9.83. The van der Waals surface area contributed by atoms with Crippen molar-refractivity contribution in [1.29, 1.82) is 0 Å². The van der Waals surface area contributed by atoms with Gasteiger partial charge < -0.3 is 24.7 Å². The second kappa shape index (κ2) is 8.82. The summed E-state index contributed by atoms with van der Waals surface area (Å²) in [5.74, 6) is -3.66. The van der Waals surface area contributed by atoms with Crippen LogP contribution in [0.5, 0.6) is 0 Å². The van der Waals surface area contributed by atoms with E-state index in [1.807, 2.05) is 0 Å². The first kappa shape index (κ1) is 19.4. The van der Waals surface area contributed by atoms with Crippen molar-refractivity contribution >= 4 is 40.2 Å². The molecular weight excluding hydrogens is 338 g/mol. The molecule has 0 bridgehead atoms. The highest BCUT2D eigenvalue weighted by atomic mass is 32.1. The highest BCUT2D eigenvalue weighted by Crippen LogP contribution is 2.34. The number of hydrogen-bond donors (Lipinski definition) is 1. The molecule has 0 atom stereocenters. The van der Waals surface area contributed by atoms with E-state index in [-0.39, 0.29) is 28.7 Å². The Morgan fingerprint density at radius 1 is 1.08 bits per heavy atom. The fourth-order valence-corrected chi connectivity index (χ4v) is 2.83. The van der Waals surface area contributed by atoms with Gasteiger partial charge in [0.15, 0.2) is 0 Å². The normalized spacial score (nSPS) is 10.5. The summed E-state index contributed by atoms with van der Waals surface area (Å²) in [5.41, 5.74) is 0.344. The van der Waals surface area contributed by atoms with Crippen molar-refractivity contribution in [2.24, 2.45) is 0 Å². The minimum atomic E-state index is -1.54. The van der Waals surface area contributed by atoms with Crippen molar-refractivity contribution in [3.63, 3.8) is 0 Å². The second-order valence-electron chi connectivity index (χ2n) is 4.34. The van der Waals surface area contributed by atoms with Crippen molar-refractivity contribution in [2.45, 2.75) is 20.8 Å². The molecule has 1 aromatic heterocycles. The summed E-state index contributed by atoms with van der Waals surface area (Å²) in [4.78, 5) is 46.2. The molecule has 1 aromatic rings. The van der Waals surface area contributed by atoms with Crippen LogP contribution in [-0.2, 0) is 19.1 Å². The van der Waals surface area contributed by atoms with Gasteiger partial charge in [-0.15, -0.1) is 11.3 Å². The number of carboxylic acid groups (broad SMARTS) is 1. The Hall–Kier alpha value is -2.68. The Balaban J connectivity index is 3.23. The molecule has 0 radical (unpaired) electrons. The molecule has 0 aliphatic rings. The number of amides is 1. The number of carbonyl (C=O) groups excluding carboxylic acids is 4. The van der Waals surface area contributed by atoms with Gasteiger partial charge in [-0.25, -0.2) is 9.59 Å². The van der Waals surface area contributed by atoms with Crippen molar-refractivity contribution in [3.05, 3.63) is 28.2 Å². The number of carbonyl (C=O) groups is 4. The smallest absolute Gasteiger partial charge is 0.348 e. The fourth-order valence-electron chi connectivity index (χ4n) is 1.74. The number of hydrogen-bond acceptors (Lipinski definition) is 8. The van der Waals surface area contributed by atoms with Crippen LogP contribution in [0.2, 0.25) is 0 Å². The summed E-state index contributed by atoms with van der Waals surface area (Å²) in [6.45, 7) is 5.05. The maximum Gasteiger partial charge on any atom is 0.348 e. The molecule has 9 heteroatoms. The standard InChI is InChI=1S/C15H17NO7S/c1-4-22-14(20)11-8(3)12(15(21)23-5-2)24-13(11)16-9(17)6-7-10(18)19/h6-7H,4-5H2,1-3H3,(H,16,17)(H,18,19)/p-1. The highest BCUT2D eigenvalue weighted by Gasteiger charge is 2.26. The van der Waals surface area contributed by atoms with E-state index in [4.69, 9.17) is 9.47 Å². The van der Waals surface area contributed by atoms with Crippen LogP contribution in [0, 0.1) is 6.92 Å². The molecule has 0 saturated heterocycles. The molecule has 0 saturated carbocycles. The van der Waals surface area contributed by atoms with Gasteiger partial charge in [0.1, 0.15) is 9.88 Å². The first-order valence-electron chi connectivity index (χ1n) is 6.99. The number of carboxylic acids is 1. The Kier molecular flexibility index (Phi) is 7.12.